The van der Waals surface area contributed by atoms with Crippen molar-refractivity contribution in [2.24, 2.45) is 0 Å². The number of amides is 2. The van der Waals surface area contributed by atoms with Crippen molar-refractivity contribution in [2.45, 2.75) is 39.3 Å². The Bertz CT molecular complexity index is 485. The average molecular weight is 260 g/mol. The fourth-order valence-corrected chi connectivity index (χ4v) is 2.54. The summed E-state index contributed by atoms with van der Waals surface area (Å²) in [5.41, 5.74) is 2.36. The lowest BCUT2D eigenvalue weighted by atomic mass is 10.0. The van der Waals surface area contributed by atoms with E-state index in [1.807, 2.05) is 25.1 Å². The number of rotatable bonds is 4. The molecule has 4 heteroatoms. The Morgan fingerprint density at radius 3 is 2.53 bits per heavy atom. The minimum atomic E-state index is -0.342. The van der Waals surface area contributed by atoms with Gasteiger partial charge in [0, 0.05) is 6.54 Å². The summed E-state index contributed by atoms with van der Waals surface area (Å²) < 4.78 is 0. The van der Waals surface area contributed by atoms with Gasteiger partial charge in [-0.3, -0.25) is 9.59 Å². The largest absolute Gasteiger partial charge is 0.345 e. The van der Waals surface area contributed by atoms with Crippen molar-refractivity contribution in [1.82, 2.24) is 10.2 Å². The molecule has 1 saturated heterocycles. The van der Waals surface area contributed by atoms with Crippen LogP contribution in [0.2, 0.25) is 0 Å². The van der Waals surface area contributed by atoms with E-state index >= 15 is 0 Å². The number of nitrogens with zero attached hydrogens (tertiary/aromatic N) is 1. The van der Waals surface area contributed by atoms with Crippen LogP contribution in [0, 0.1) is 0 Å². The van der Waals surface area contributed by atoms with E-state index in [9.17, 15) is 9.59 Å². The van der Waals surface area contributed by atoms with Gasteiger partial charge in [0.2, 0.25) is 11.8 Å². The van der Waals surface area contributed by atoms with Crippen LogP contribution in [0.1, 0.15) is 31.4 Å². The molecule has 0 radical (unpaired) electrons. The second kappa shape index (κ2) is 5.87. The third-order valence-corrected chi connectivity index (χ3v) is 3.64. The molecule has 0 saturated carbocycles. The van der Waals surface area contributed by atoms with Crippen LogP contribution in [-0.4, -0.2) is 29.3 Å². The molecule has 19 heavy (non-hydrogen) atoms. The molecular formula is C15H20N2O2. The number of aryl methyl sites for hydroxylation is 1. The van der Waals surface area contributed by atoms with Gasteiger partial charge in [0.25, 0.3) is 0 Å². The summed E-state index contributed by atoms with van der Waals surface area (Å²) in [5.74, 6) is -0.0477. The number of nitrogens with one attached hydrogen (secondary N) is 1. The van der Waals surface area contributed by atoms with Gasteiger partial charge >= 0.3 is 0 Å². The molecule has 4 nitrogen and oxygen atoms in total. The van der Waals surface area contributed by atoms with Crippen LogP contribution in [0.4, 0.5) is 0 Å². The van der Waals surface area contributed by atoms with Gasteiger partial charge < -0.3 is 10.2 Å². The maximum atomic E-state index is 12.0. The molecule has 1 aromatic carbocycles. The van der Waals surface area contributed by atoms with Gasteiger partial charge in [0.15, 0.2) is 0 Å². The van der Waals surface area contributed by atoms with Crippen LogP contribution in [0.5, 0.6) is 0 Å². The van der Waals surface area contributed by atoms with Crippen molar-refractivity contribution in [3.05, 3.63) is 35.4 Å². The van der Waals surface area contributed by atoms with E-state index in [-0.39, 0.29) is 24.4 Å². The topological polar surface area (TPSA) is 49.4 Å². The van der Waals surface area contributed by atoms with E-state index in [1.54, 1.807) is 4.90 Å². The van der Waals surface area contributed by atoms with Crippen molar-refractivity contribution < 1.29 is 9.59 Å². The van der Waals surface area contributed by atoms with Crippen LogP contribution < -0.4 is 5.32 Å². The van der Waals surface area contributed by atoms with Gasteiger partial charge in [-0.1, -0.05) is 38.1 Å². The van der Waals surface area contributed by atoms with Gasteiger partial charge in [-0.05, 0) is 24.0 Å². The van der Waals surface area contributed by atoms with Gasteiger partial charge in [-0.2, -0.15) is 0 Å². The van der Waals surface area contributed by atoms with Crippen LogP contribution >= 0.6 is 0 Å². The van der Waals surface area contributed by atoms with Gasteiger partial charge in [-0.15, -0.1) is 0 Å². The maximum Gasteiger partial charge on any atom is 0.243 e. The quantitative estimate of drug-likeness (QED) is 0.891. The van der Waals surface area contributed by atoms with Gasteiger partial charge in [-0.25, -0.2) is 0 Å². The van der Waals surface area contributed by atoms with Crippen LogP contribution in [0.25, 0.3) is 0 Å². The third kappa shape index (κ3) is 2.78. The third-order valence-electron chi connectivity index (χ3n) is 3.64. The Hall–Kier alpha value is -1.84. The second-order valence-corrected chi connectivity index (χ2v) is 4.79. The minimum Gasteiger partial charge on any atom is -0.345 e. The Balaban J connectivity index is 2.24. The first-order valence-electron chi connectivity index (χ1n) is 6.81. The van der Waals surface area contributed by atoms with Crippen molar-refractivity contribution in [2.75, 3.05) is 6.54 Å². The number of carbonyl (C=O) groups is 2. The Kier molecular flexibility index (Phi) is 4.20. The van der Waals surface area contributed by atoms with Crippen molar-refractivity contribution >= 4 is 11.8 Å². The number of piperazine rings is 1. The molecule has 1 aliphatic rings. The fourth-order valence-electron chi connectivity index (χ4n) is 2.54. The summed E-state index contributed by atoms with van der Waals surface area (Å²) in [7, 11) is 0. The molecule has 1 aliphatic heterocycles. The summed E-state index contributed by atoms with van der Waals surface area (Å²) in [5, 5.41) is 2.65. The lowest BCUT2D eigenvalue weighted by Gasteiger charge is -2.34. The Morgan fingerprint density at radius 1 is 1.21 bits per heavy atom. The highest BCUT2D eigenvalue weighted by Gasteiger charge is 2.33. The summed E-state index contributed by atoms with van der Waals surface area (Å²) in [6.45, 7) is 4.67. The van der Waals surface area contributed by atoms with Crippen LogP contribution in [-0.2, 0) is 22.6 Å². The molecule has 1 aromatic rings. The van der Waals surface area contributed by atoms with E-state index in [1.165, 1.54) is 5.56 Å². The molecule has 1 atom stereocenters. The number of carbonyl (C=O) groups excluding carboxylic acids is 2. The highest BCUT2D eigenvalue weighted by molar-refractivity contribution is 5.94. The van der Waals surface area contributed by atoms with E-state index in [4.69, 9.17) is 0 Å². The molecule has 0 bridgehead atoms. The summed E-state index contributed by atoms with van der Waals surface area (Å²) in [6, 6.07) is 7.75. The SMILES string of the molecule is CCc1ccccc1CN1C(=O)CNC(=O)C1CC. The normalized spacial score (nSPS) is 19.5. The zero-order valence-electron chi connectivity index (χ0n) is 11.5. The van der Waals surface area contributed by atoms with E-state index < -0.39 is 0 Å². The molecule has 1 N–H and O–H groups in total. The first-order chi connectivity index (χ1) is 9.17. The zero-order chi connectivity index (χ0) is 13.8. The molecule has 0 aromatic heterocycles. The summed E-state index contributed by atoms with van der Waals surface area (Å²) in [6.07, 6.45) is 1.58. The molecule has 2 rings (SSSR count). The van der Waals surface area contributed by atoms with Crippen LogP contribution in [0.3, 0.4) is 0 Å². The van der Waals surface area contributed by atoms with Gasteiger partial charge in [0.05, 0.1) is 6.54 Å². The van der Waals surface area contributed by atoms with E-state index in [2.05, 4.69) is 18.3 Å². The second-order valence-electron chi connectivity index (χ2n) is 4.79. The highest BCUT2D eigenvalue weighted by Crippen LogP contribution is 2.17. The maximum absolute atomic E-state index is 12.0. The number of hydrogen-bond donors (Lipinski definition) is 1. The van der Waals surface area contributed by atoms with Crippen molar-refractivity contribution in [1.29, 1.82) is 0 Å². The van der Waals surface area contributed by atoms with Crippen molar-refractivity contribution in [3.8, 4) is 0 Å². The molecule has 0 aliphatic carbocycles. The van der Waals surface area contributed by atoms with E-state index in [0.717, 1.165) is 12.0 Å². The lowest BCUT2D eigenvalue weighted by Crippen LogP contribution is -2.57. The smallest absolute Gasteiger partial charge is 0.243 e. The molecule has 1 unspecified atom stereocenters. The Morgan fingerprint density at radius 2 is 1.89 bits per heavy atom. The molecule has 2 amide bonds. The molecular weight excluding hydrogens is 240 g/mol. The Labute approximate surface area is 113 Å². The lowest BCUT2D eigenvalue weighted by molar-refractivity contribution is -0.146. The number of hydrogen-bond acceptors (Lipinski definition) is 2. The average Bonchev–Trinajstić information content (AvgIpc) is 2.44. The first-order valence-corrected chi connectivity index (χ1v) is 6.81. The fraction of sp³-hybridized carbons (Fsp3) is 0.467. The summed E-state index contributed by atoms with van der Waals surface area (Å²) in [4.78, 5) is 25.5. The van der Waals surface area contributed by atoms with Crippen molar-refractivity contribution in [3.63, 3.8) is 0 Å². The first kappa shape index (κ1) is 13.6. The monoisotopic (exact) mass is 260 g/mol. The highest BCUT2D eigenvalue weighted by atomic mass is 16.2. The zero-order valence-corrected chi connectivity index (χ0v) is 11.5. The summed E-state index contributed by atoms with van der Waals surface area (Å²) >= 11 is 0. The molecule has 1 heterocycles. The number of benzene rings is 1. The predicted molar refractivity (Wildman–Crippen MR) is 73.5 cm³/mol. The molecule has 1 fully saturated rings. The standard InChI is InChI=1S/C15H20N2O2/c1-3-11-7-5-6-8-12(11)10-17-13(4-2)15(19)16-9-14(17)18/h5-8,13H,3-4,9-10H2,1-2H3,(H,16,19). The molecule has 0 spiro atoms. The minimum absolute atomic E-state index is 0.00245. The van der Waals surface area contributed by atoms with E-state index in [0.29, 0.717) is 13.0 Å². The van der Waals surface area contributed by atoms with Crippen LogP contribution in [0.15, 0.2) is 24.3 Å². The predicted octanol–water partition coefficient (Wildman–Crippen LogP) is 1.49. The molecule has 102 valence electrons. The van der Waals surface area contributed by atoms with Gasteiger partial charge in [0.1, 0.15) is 6.04 Å².